The Morgan fingerprint density at radius 2 is 1.55 bits per heavy atom. The Hall–Kier alpha value is -2.17. The summed E-state index contributed by atoms with van der Waals surface area (Å²) < 4.78 is 0. The van der Waals surface area contributed by atoms with Crippen LogP contribution in [0.1, 0.15) is 45.1 Å². The van der Waals surface area contributed by atoms with Crippen LogP contribution in [-0.2, 0) is 20.8 Å². The molecule has 3 amide bonds. The fourth-order valence-corrected chi connectivity index (χ4v) is 2.07. The highest BCUT2D eigenvalue weighted by atomic mass is 16.2. The topological polar surface area (TPSA) is 75.3 Å². The van der Waals surface area contributed by atoms with Gasteiger partial charge in [-0.2, -0.15) is 0 Å². The van der Waals surface area contributed by atoms with Gasteiger partial charge in [-0.25, -0.2) is 0 Å². The van der Waals surface area contributed by atoms with Gasteiger partial charge in [0.05, 0.1) is 0 Å². The maximum Gasteiger partial charge on any atom is 0.249 e. The number of amides is 3. The van der Waals surface area contributed by atoms with Crippen LogP contribution in [0.4, 0.5) is 0 Å². The van der Waals surface area contributed by atoms with E-state index in [-0.39, 0.29) is 11.8 Å². The molecule has 0 saturated carbocycles. The third-order valence-corrected chi connectivity index (χ3v) is 3.15. The maximum absolute atomic E-state index is 12.2. The highest BCUT2D eigenvalue weighted by Gasteiger charge is 2.22. The Kier molecular flexibility index (Phi) is 7.89. The quantitative estimate of drug-likeness (QED) is 0.771. The van der Waals surface area contributed by atoms with E-state index in [1.165, 1.54) is 0 Å². The van der Waals surface area contributed by atoms with Gasteiger partial charge in [-0.05, 0) is 18.4 Å². The van der Waals surface area contributed by atoms with Crippen molar-refractivity contribution >= 4 is 17.7 Å². The maximum atomic E-state index is 12.2. The third kappa shape index (κ3) is 6.52. The number of carbonyl (C=O) groups is 3. The molecule has 1 rings (SSSR count). The van der Waals surface area contributed by atoms with Crippen LogP contribution in [0.3, 0.4) is 0 Å². The number of benzene rings is 1. The molecule has 120 valence electrons. The van der Waals surface area contributed by atoms with Crippen LogP contribution in [0.15, 0.2) is 30.3 Å². The molecule has 0 heterocycles. The average molecular weight is 304 g/mol. The Bertz CT molecular complexity index is 500. The van der Waals surface area contributed by atoms with E-state index in [0.29, 0.717) is 32.1 Å². The molecule has 1 aromatic rings. The van der Waals surface area contributed by atoms with Crippen LogP contribution in [0.25, 0.3) is 0 Å². The van der Waals surface area contributed by atoms with Crippen LogP contribution in [-0.4, -0.2) is 23.8 Å². The second kappa shape index (κ2) is 9.71. The minimum Gasteiger partial charge on any atom is -0.344 e. The summed E-state index contributed by atoms with van der Waals surface area (Å²) in [4.78, 5) is 35.6. The predicted octanol–water partition coefficient (Wildman–Crippen LogP) is 1.96. The minimum atomic E-state index is -0.734. The molecular weight excluding hydrogens is 280 g/mol. The number of rotatable bonds is 8. The van der Waals surface area contributed by atoms with Crippen molar-refractivity contribution in [2.24, 2.45) is 0 Å². The Labute approximate surface area is 131 Å². The third-order valence-electron chi connectivity index (χ3n) is 3.15. The summed E-state index contributed by atoms with van der Waals surface area (Å²) in [6.07, 6.45) is 2.40. The van der Waals surface area contributed by atoms with E-state index in [2.05, 4.69) is 10.6 Å². The molecule has 0 radical (unpaired) electrons. The molecule has 0 aliphatic rings. The normalized spacial score (nSPS) is 11.5. The van der Waals surface area contributed by atoms with Crippen molar-refractivity contribution < 1.29 is 14.4 Å². The SMILES string of the molecule is CCCC(=O)NC(=O)C(Cc1ccccc1)NC(=O)CCC. The lowest BCUT2D eigenvalue weighted by Crippen LogP contribution is -2.49. The zero-order chi connectivity index (χ0) is 16.4. The lowest BCUT2D eigenvalue weighted by Gasteiger charge is -2.18. The summed E-state index contributed by atoms with van der Waals surface area (Å²) in [6.45, 7) is 3.77. The number of carbonyl (C=O) groups excluding carboxylic acids is 3. The molecule has 5 heteroatoms. The van der Waals surface area contributed by atoms with Gasteiger partial charge in [0.15, 0.2) is 0 Å². The number of hydrogen-bond acceptors (Lipinski definition) is 3. The second-order valence-electron chi connectivity index (χ2n) is 5.22. The van der Waals surface area contributed by atoms with Crippen molar-refractivity contribution in [1.82, 2.24) is 10.6 Å². The van der Waals surface area contributed by atoms with Crippen molar-refractivity contribution in [2.45, 2.75) is 52.0 Å². The van der Waals surface area contributed by atoms with Crippen LogP contribution in [0.2, 0.25) is 0 Å². The Balaban J connectivity index is 2.74. The summed E-state index contributed by atoms with van der Waals surface area (Å²) in [5, 5.41) is 5.07. The van der Waals surface area contributed by atoms with E-state index in [9.17, 15) is 14.4 Å². The van der Waals surface area contributed by atoms with Crippen molar-refractivity contribution in [3.8, 4) is 0 Å². The number of imide groups is 1. The monoisotopic (exact) mass is 304 g/mol. The van der Waals surface area contributed by atoms with E-state index in [4.69, 9.17) is 0 Å². The summed E-state index contributed by atoms with van der Waals surface area (Å²) in [6, 6.07) is 8.68. The second-order valence-corrected chi connectivity index (χ2v) is 5.22. The summed E-state index contributed by atoms with van der Waals surface area (Å²) in [5.74, 6) is -0.941. The van der Waals surface area contributed by atoms with E-state index >= 15 is 0 Å². The fourth-order valence-electron chi connectivity index (χ4n) is 2.07. The lowest BCUT2D eigenvalue weighted by atomic mass is 10.0. The van der Waals surface area contributed by atoms with Gasteiger partial charge >= 0.3 is 0 Å². The molecule has 0 bridgehead atoms. The minimum absolute atomic E-state index is 0.179. The molecule has 2 N–H and O–H groups in total. The van der Waals surface area contributed by atoms with Crippen LogP contribution in [0, 0.1) is 0 Å². The van der Waals surface area contributed by atoms with Gasteiger partial charge in [0, 0.05) is 19.3 Å². The molecule has 0 fully saturated rings. The molecular formula is C17H24N2O3. The van der Waals surface area contributed by atoms with E-state index in [0.717, 1.165) is 5.56 Å². The first-order chi connectivity index (χ1) is 10.6. The zero-order valence-electron chi connectivity index (χ0n) is 13.2. The molecule has 1 aromatic carbocycles. The summed E-state index contributed by atoms with van der Waals surface area (Å²) >= 11 is 0. The fraction of sp³-hybridized carbons (Fsp3) is 0.471. The largest absolute Gasteiger partial charge is 0.344 e. The van der Waals surface area contributed by atoms with E-state index in [1.54, 1.807) is 0 Å². The van der Waals surface area contributed by atoms with E-state index < -0.39 is 11.9 Å². The first-order valence-electron chi connectivity index (χ1n) is 7.73. The molecule has 5 nitrogen and oxygen atoms in total. The van der Waals surface area contributed by atoms with Crippen molar-refractivity contribution in [3.05, 3.63) is 35.9 Å². The van der Waals surface area contributed by atoms with Gasteiger partial charge < -0.3 is 5.32 Å². The summed E-state index contributed by atoms with van der Waals surface area (Å²) in [7, 11) is 0. The van der Waals surface area contributed by atoms with Crippen LogP contribution < -0.4 is 10.6 Å². The molecule has 0 aromatic heterocycles. The number of hydrogen-bond donors (Lipinski definition) is 2. The summed E-state index contributed by atoms with van der Waals surface area (Å²) in [5.41, 5.74) is 0.933. The average Bonchev–Trinajstić information content (AvgIpc) is 2.48. The zero-order valence-corrected chi connectivity index (χ0v) is 13.2. The van der Waals surface area contributed by atoms with Crippen molar-refractivity contribution in [2.75, 3.05) is 0 Å². The molecule has 0 saturated heterocycles. The van der Waals surface area contributed by atoms with Crippen molar-refractivity contribution in [3.63, 3.8) is 0 Å². The molecule has 0 aliphatic carbocycles. The van der Waals surface area contributed by atoms with Gasteiger partial charge in [-0.3, -0.25) is 19.7 Å². The lowest BCUT2D eigenvalue weighted by molar-refractivity contribution is -0.134. The molecule has 1 atom stereocenters. The standard InChI is InChI=1S/C17H24N2O3/c1-3-8-15(20)18-14(12-13-10-6-5-7-11-13)17(22)19-16(21)9-4-2/h5-7,10-11,14H,3-4,8-9,12H2,1-2H3,(H,18,20)(H,19,21,22). The van der Waals surface area contributed by atoms with Gasteiger partial charge in [0.1, 0.15) is 6.04 Å². The van der Waals surface area contributed by atoms with Crippen LogP contribution >= 0.6 is 0 Å². The molecule has 22 heavy (non-hydrogen) atoms. The molecule has 1 unspecified atom stereocenters. The van der Waals surface area contributed by atoms with Crippen LogP contribution in [0.5, 0.6) is 0 Å². The highest BCUT2D eigenvalue weighted by Crippen LogP contribution is 2.04. The first-order valence-corrected chi connectivity index (χ1v) is 7.73. The first kappa shape index (κ1) is 17.9. The molecule has 0 aliphatic heterocycles. The van der Waals surface area contributed by atoms with Crippen molar-refractivity contribution in [1.29, 1.82) is 0 Å². The van der Waals surface area contributed by atoms with Gasteiger partial charge in [0.25, 0.3) is 0 Å². The number of nitrogens with one attached hydrogen (secondary N) is 2. The van der Waals surface area contributed by atoms with Gasteiger partial charge in [-0.1, -0.05) is 44.2 Å². The van der Waals surface area contributed by atoms with E-state index in [1.807, 2.05) is 44.2 Å². The Morgan fingerprint density at radius 1 is 0.955 bits per heavy atom. The predicted molar refractivity (Wildman–Crippen MR) is 85.0 cm³/mol. The Morgan fingerprint density at radius 3 is 2.14 bits per heavy atom. The van der Waals surface area contributed by atoms with Gasteiger partial charge in [-0.15, -0.1) is 0 Å². The van der Waals surface area contributed by atoms with Gasteiger partial charge in [0.2, 0.25) is 17.7 Å². The molecule has 0 spiro atoms. The highest BCUT2D eigenvalue weighted by molar-refractivity contribution is 5.99. The smallest absolute Gasteiger partial charge is 0.249 e.